The Kier molecular flexibility index (Phi) is 8.18. The van der Waals surface area contributed by atoms with Gasteiger partial charge in [0.15, 0.2) is 0 Å². The van der Waals surface area contributed by atoms with Gasteiger partial charge < -0.3 is 4.74 Å². The van der Waals surface area contributed by atoms with Crippen LogP contribution in [0.5, 0.6) is 11.5 Å². The van der Waals surface area contributed by atoms with Crippen LogP contribution in [0.4, 0.5) is 0 Å². The molecule has 5 nitrogen and oxygen atoms in total. The van der Waals surface area contributed by atoms with E-state index < -0.39 is 0 Å². The molecule has 7 rings (SSSR count). The molecule has 0 saturated heterocycles. The van der Waals surface area contributed by atoms with Gasteiger partial charge >= 0.3 is 0 Å². The Hall–Kier alpha value is -5.16. The van der Waals surface area contributed by atoms with Gasteiger partial charge in [-0.2, -0.15) is 5.10 Å². The Morgan fingerprint density at radius 2 is 1.49 bits per heavy atom. The second-order valence-electron chi connectivity index (χ2n) is 15.0. The molecule has 7 aromatic rings. The lowest BCUT2D eigenvalue weighted by atomic mass is 9.86. The average molecular weight is 647 g/mol. The molecule has 0 amide bonds. The van der Waals surface area contributed by atoms with Crippen LogP contribution in [-0.2, 0) is 11.8 Å². The normalized spacial score (nSPS) is 12.0. The van der Waals surface area contributed by atoms with Crippen molar-refractivity contribution < 1.29 is 4.74 Å². The van der Waals surface area contributed by atoms with E-state index >= 15 is 0 Å². The largest absolute Gasteiger partial charge is 0.457 e. The summed E-state index contributed by atoms with van der Waals surface area (Å²) < 4.78 is 11.0. The number of benzene rings is 4. The van der Waals surface area contributed by atoms with E-state index in [0.29, 0.717) is 5.92 Å². The molecule has 0 radical (unpaired) electrons. The van der Waals surface area contributed by atoms with Crippen LogP contribution < -0.4 is 4.74 Å². The molecule has 0 bridgehead atoms. The topological polar surface area (TPSA) is 44.9 Å². The van der Waals surface area contributed by atoms with E-state index in [0.717, 1.165) is 46.0 Å². The molecule has 248 valence electrons. The molecule has 0 aliphatic heterocycles. The summed E-state index contributed by atoms with van der Waals surface area (Å²) >= 11 is 0. The zero-order valence-electron chi connectivity index (χ0n) is 30.2. The molecule has 0 atom stereocenters. The maximum atomic E-state index is 6.73. The summed E-state index contributed by atoms with van der Waals surface area (Å²) in [5, 5.41) is 7.23. The van der Waals surface area contributed by atoms with Crippen molar-refractivity contribution in [3.8, 4) is 34.1 Å². The number of hydrogen-bond donors (Lipinski definition) is 0. The number of aryl methyl sites for hydroxylation is 2. The fraction of sp³-hybridized carbons (Fsp3) is 0.273. The van der Waals surface area contributed by atoms with Gasteiger partial charge in [0.25, 0.3) is 0 Å². The third kappa shape index (κ3) is 6.14. The molecule has 5 heteroatoms. The highest BCUT2D eigenvalue weighted by Crippen LogP contribution is 2.37. The number of ether oxygens (including phenoxy) is 1. The maximum absolute atomic E-state index is 6.73. The third-order valence-corrected chi connectivity index (χ3v) is 9.82. The molecule has 3 heterocycles. The van der Waals surface area contributed by atoms with Gasteiger partial charge in [-0.1, -0.05) is 58.9 Å². The van der Waals surface area contributed by atoms with Gasteiger partial charge in [0.2, 0.25) is 0 Å². The molecule has 0 spiro atoms. The van der Waals surface area contributed by atoms with Gasteiger partial charge in [0.1, 0.15) is 17.3 Å². The molecule has 0 aliphatic carbocycles. The average Bonchev–Trinajstić information content (AvgIpc) is 3.66. The molecule has 0 N–H and O–H groups in total. The Labute approximate surface area is 290 Å². The monoisotopic (exact) mass is 646 g/mol. The molecule has 49 heavy (non-hydrogen) atoms. The van der Waals surface area contributed by atoms with Crippen molar-refractivity contribution in [2.45, 2.75) is 74.1 Å². The van der Waals surface area contributed by atoms with Gasteiger partial charge in [-0.15, -0.1) is 0 Å². The van der Waals surface area contributed by atoms with Gasteiger partial charge in [-0.3, -0.25) is 4.57 Å². The smallest absolute Gasteiger partial charge is 0.137 e. The highest BCUT2D eigenvalue weighted by molar-refractivity contribution is 6.09. The standard InChI is InChI=1S/C44H46N4O/c1-27(2)18-32-16-17-45-42(20-32)48-40-13-11-10-12-38(40)39-15-14-36(24-41(39)48)49-37-22-34(44(7,8)9)21-35(23-37)47-26-33(25-46-47)43-30(5)28(3)19-29(4)31(43)6/h10-17,19-27H,18H2,1-9H3. The van der Waals surface area contributed by atoms with Gasteiger partial charge in [0.05, 0.1) is 22.9 Å². The van der Waals surface area contributed by atoms with Crippen LogP contribution in [0.15, 0.2) is 97.5 Å². The molecule has 0 unspecified atom stereocenters. The number of rotatable bonds is 7. The van der Waals surface area contributed by atoms with E-state index in [9.17, 15) is 0 Å². The minimum atomic E-state index is -0.0893. The van der Waals surface area contributed by atoms with Crippen LogP contribution in [-0.4, -0.2) is 19.3 Å². The van der Waals surface area contributed by atoms with Crippen LogP contribution >= 0.6 is 0 Å². The first kappa shape index (κ1) is 32.4. The minimum Gasteiger partial charge on any atom is -0.457 e. The lowest BCUT2D eigenvalue weighted by Gasteiger charge is -2.21. The first-order valence-electron chi connectivity index (χ1n) is 17.3. The van der Waals surface area contributed by atoms with Crippen molar-refractivity contribution in [1.82, 2.24) is 19.3 Å². The van der Waals surface area contributed by atoms with E-state index in [1.165, 1.54) is 49.7 Å². The molecule has 0 fully saturated rings. The van der Waals surface area contributed by atoms with Crippen molar-refractivity contribution in [3.63, 3.8) is 0 Å². The van der Waals surface area contributed by atoms with Crippen LogP contribution in [0.2, 0.25) is 0 Å². The zero-order chi connectivity index (χ0) is 34.6. The van der Waals surface area contributed by atoms with E-state index in [1.807, 2.05) is 17.1 Å². The predicted octanol–water partition coefficient (Wildman–Crippen LogP) is 11.6. The first-order valence-corrected chi connectivity index (χ1v) is 17.3. The van der Waals surface area contributed by atoms with Crippen LogP contribution in [0, 0.1) is 33.6 Å². The lowest BCUT2D eigenvalue weighted by Crippen LogP contribution is -2.12. The second kappa shape index (κ2) is 12.4. The summed E-state index contributed by atoms with van der Waals surface area (Å²) in [6.45, 7) is 20.0. The summed E-state index contributed by atoms with van der Waals surface area (Å²) in [5.41, 5.74) is 13.1. The van der Waals surface area contributed by atoms with Gasteiger partial charge in [-0.25, -0.2) is 9.67 Å². The van der Waals surface area contributed by atoms with Crippen LogP contribution in [0.1, 0.15) is 68.0 Å². The first-order chi connectivity index (χ1) is 23.4. The van der Waals surface area contributed by atoms with E-state index in [1.54, 1.807) is 0 Å². The summed E-state index contributed by atoms with van der Waals surface area (Å²) in [7, 11) is 0. The number of fused-ring (bicyclic) bond motifs is 3. The van der Waals surface area contributed by atoms with Crippen molar-refractivity contribution in [1.29, 1.82) is 0 Å². The number of aromatic nitrogens is 4. The molecule has 0 saturated carbocycles. The molecule has 0 aliphatic rings. The van der Waals surface area contributed by atoms with Crippen molar-refractivity contribution in [3.05, 3.63) is 131 Å². The summed E-state index contributed by atoms with van der Waals surface area (Å²) in [5.74, 6) is 3.03. The molecular formula is C44H46N4O. The minimum absolute atomic E-state index is 0.0893. The quantitative estimate of drug-likeness (QED) is 0.173. The highest BCUT2D eigenvalue weighted by atomic mass is 16.5. The number of hydrogen-bond acceptors (Lipinski definition) is 3. The SMILES string of the molecule is Cc1cc(C)c(C)c(-c2cnn(-c3cc(Oc4ccc5c6ccccc6n(-c6cc(CC(C)C)ccn6)c5c4)cc(C(C)(C)C)c3)c2)c1C. The third-order valence-electron chi connectivity index (χ3n) is 9.82. The van der Waals surface area contributed by atoms with Gasteiger partial charge in [0, 0.05) is 40.9 Å². The lowest BCUT2D eigenvalue weighted by molar-refractivity contribution is 0.478. The van der Waals surface area contributed by atoms with Crippen LogP contribution in [0.25, 0.3) is 44.4 Å². The van der Waals surface area contributed by atoms with Crippen molar-refractivity contribution >= 4 is 21.8 Å². The Balaban J connectivity index is 1.31. The van der Waals surface area contributed by atoms with Crippen molar-refractivity contribution in [2.24, 2.45) is 5.92 Å². The maximum Gasteiger partial charge on any atom is 0.137 e. The predicted molar refractivity (Wildman–Crippen MR) is 204 cm³/mol. The summed E-state index contributed by atoms with van der Waals surface area (Å²) in [6.07, 6.45) is 7.06. The Bertz CT molecular complexity index is 2320. The second-order valence-corrected chi connectivity index (χ2v) is 15.0. The zero-order valence-corrected chi connectivity index (χ0v) is 30.2. The molecular weight excluding hydrogens is 601 g/mol. The van der Waals surface area contributed by atoms with Crippen LogP contribution in [0.3, 0.4) is 0 Å². The number of pyridine rings is 1. The molecule has 3 aromatic heterocycles. The summed E-state index contributed by atoms with van der Waals surface area (Å²) in [6, 6.07) is 28.0. The molecule has 4 aromatic carbocycles. The number of nitrogens with zero attached hydrogens (tertiary/aromatic N) is 4. The Morgan fingerprint density at radius 1 is 0.755 bits per heavy atom. The highest BCUT2D eigenvalue weighted by Gasteiger charge is 2.20. The van der Waals surface area contributed by atoms with Crippen molar-refractivity contribution in [2.75, 3.05) is 0 Å². The van der Waals surface area contributed by atoms with E-state index in [2.05, 4.69) is 152 Å². The Morgan fingerprint density at radius 3 is 2.22 bits per heavy atom. The van der Waals surface area contributed by atoms with E-state index in [4.69, 9.17) is 14.8 Å². The fourth-order valence-corrected chi connectivity index (χ4v) is 7.03. The number of para-hydroxylation sites is 1. The van der Waals surface area contributed by atoms with Gasteiger partial charge in [-0.05, 0) is 127 Å². The van der Waals surface area contributed by atoms with E-state index in [-0.39, 0.29) is 5.41 Å². The summed E-state index contributed by atoms with van der Waals surface area (Å²) in [4.78, 5) is 4.84. The fourth-order valence-electron chi connectivity index (χ4n) is 7.03.